The lowest BCUT2D eigenvalue weighted by Gasteiger charge is -2.33. The standard InChI is InChI=1S/C24H24N4O3S/c1-16(29)25-19-12-10-17(11-13-19)20-15-32-24(26-20)27-23(31)22(18-7-3-2-4-8-18)28-14-6-5-9-21(28)30/h2-4,7-8,10-13,15,22H,5-6,9,14H2,1H3,(H,25,29)(H,26,27,31). The normalized spacial score (nSPS) is 14.7. The third-order valence-corrected chi connectivity index (χ3v) is 6.03. The first-order valence-electron chi connectivity index (χ1n) is 10.5. The molecule has 8 heteroatoms. The number of nitrogens with one attached hydrogen (secondary N) is 2. The quantitative estimate of drug-likeness (QED) is 0.582. The lowest BCUT2D eigenvalue weighted by atomic mass is 10.0. The summed E-state index contributed by atoms with van der Waals surface area (Å²) in [5.74, 6) is -0.399. The number of hydrogen-bond donors (Lipinski definition) is 2. The number of likely N-dealkylation sites (tertiary alicyclic amines) is 1. The van der Waals surface area contributed by atoms with Crippen molar-refractivity contribution in [1.29, 1.82) is 0 Å². The fraction of sp³-hybridized carbons (Fsp3) is 0.250. The Morgan fingerprint density at radius 3 is 2.47 bits per heavy atom. The van der Waals surface area contributed by atoms with Crippen molar-refractivity contribution in [3.05, 3.63) is 65.5 Å². The highest BCUT2D eigenvalue weighted by Gasteiger charge is 2.33. The van der Waals surface area contributed by atoms with Crippen molar-refractivity contribution >= 4 is 39.9 Å². The number of anilines is 2. The van der Waals surface area contributed by atoms with Crippen molar-refractivity contribution in [3.63, 3.8) is 0 Å². The van der Waals surface area contributed by atoms with Crippen LogP contribution in [0, 0.1) is 0 Å². The van der Waals surface area contributed by atoms with Gasteiger partial charge in [0.15, 0.2) is 5.13 Å². The van der Waals surface area contributed by atoms with E-state index in [0.29, 0.717) is 23.8 Å². The summed E-state index contributed by atoms with van der Waals surface area (Å²) in [6, 6.07) is 16.0. The second-order valence-electron chi connectivity index (χ2n) is 7.64. The highest BCUT2D eigenvalue weighted by Crippen LogP contribution is 2.30. The molecule has 1 aliphatic heterocycles. The van der Waals surface area contributed by atoms with E-state index in [1.165, 1.54) is 18.3 Å². The minimum Gasteiger partial charge on any atom is -0.327 e. The van der Waals surface area contributed by atoms with E-state index >= 15 is 0 Å². The molecule has 3 aromatic rings. The molecule has 3 amide bonds. The molecule has 2 aromatic carbocycles. The minimum absolute atomic E-state index is 0.000610. The van der Waals surface area contributed by atoms with Gasteiger partial charge in [-0.3, -0.25) is 19.7 Å². The summed E-state index contributed by atoms with van der Waals surface area (Å²) in [6.45, 7) is 2.03. The summed E-state index contributed by atoms with van der Waals surface area (Å²) in [5.41, 5.74) is 3.10. The van der Waals surface area contributed by atoms with Gasteiger partial charge < -0.3 is 10.2 Å². The van der Waals surface area contributed by atoms with Gasteiger partial charge in [0.25, 0.3) is 5.91 Å². The number of carbonyl (C=O) groups is 3. The van der Waals surface area contributed by atoms with Crippen molar-refractivity contribution in [2.75, 3.05) is 17.2 Å². The molecule has 0 saturated carbocycles. The zero-order chi connectivity index (χ0) is 22.5. The fourth-order valence-corrected chi connectivity index (χ4v) is 4.50. The van der Waals surface area contributed by atoms with Crippen molar-refractivity contribution in [2.24, 2.45) is 0 Å². The van der Waals surface area contributed by atoms with Gasteiger partial charge in [0.05, 0.1) is 5.69 Å². The van der Waals surface area contributed by atoms with Crippen LogP contribution >= 0.6 is 11.3 Å². The van der Waals surface area contributed by atoms with E-state index in [1.807, 2.05) is 60.0 Å². The first-order chi connectivity index (χ1) is 15.5. The van der Waals surface area contributed by atoms with Crippen molar-refractivity contribution < 1.29 is 14.4 Å². The average molecular weight is 449 g/mol. The predicted molar refractivity (Wildman–Crippen MR) is 125 cm³/mol. The zero-order valence-corrected chi connectivity index (χ0v) is 18.5. The first-order valence-corrected chi connectivity index (χ1v) is 11.4. The maximum atomic E-state index is 13.3. The van der Waals surface area contributed by atoms with Crippen LogP contribution in [0.25, 0.3) is 11.3 Å². The molecule has 164 valence electrons. The van der Waals surface area contributed by atoms with Gasteiger partial charge in [0.2, 0.25) is 11.8 Å². The van der Waals surface area contributed by atoms with Crippen LogP contribution < -0.4 is 10.6 Å². The highest BCUT2D eigenvalue weighted by molar-refractivity contribution is 7.14. The summed E-state index contributed by atoms with van der Waals surface area (Å²) in [4.78, 5) is 43.2. The molecule has 1 unspecified atom stereocenters. The molecule has 2 N–H and O–H groups in total. The third-order valence-electron chi connectivity index (χ3n) is 5.27. The molecule has 4 rings (SSSR count). The van der Waals surface area contributed by atoms with Gasteiger partial charge in [-0.2, -0.15) is 0 Å². The number of carbonyl (C=O) groups excluding carboxylic acids is 3. The number of aromatic nitrogens is 1. The van der Waals surface area contributed by atoms with Gasteiger partial charge in [-0.15, -0.1) is 11.3 Å². The summed E-state index contributed by atoms with van der Waals surface area (Å²) < 4.78 is 0. The van der Waals surface area contributed by atoms with Crippen LogP contribution in [0.1, 0.15) is 37.8 Å². The van der Waals surface area contributed by atoms with E-state index in [4.69, 9.17) is 0 Å². The Kier molecular flexibility index (Phi) is 6.61. The lowest BCUT2D eigenvalue weighted by Crippen LogP contribution is -2.43. The molecule has 7 nitrogen and oxygen atoms in total. The highest BCUT2D eigenvalue weighted by atomic mass is 32.1. The van der Waals surface area contributed by atoms with Crippen LogP contribution in [0.2, 0.25) is 0 Å². The maximum absolute atomic E-state index is 13.3. The Balaban J connectivity index is 1.52. The number of amides is 3. The summed E-state index contributed by atoms with van der Waals surface area (Å²) in [5, 5.41) is 7.98. The Bertz CT molecular complexity index is 1110. The summed E-state index contributed by atoms with van der Waals surface area (Å²) in [7, 11) is 0. The number of hydrogen-bond acceptors (Lipinski definition) is 5. The third kappa shape index (κ3) is 5.03. The van der Waals surface area contributed by atoms with Crippen LogP contribution in [-0.4, -0.2) is 34.2 Å². The molecule has 0 spiro atoms. The molecule has 1 fully saturated rings. The number of nitrogens with zero attached hydrogens (tertiary/aromatic N) is 2. The van der Waals surface area contributed by atoms with E-state index in [0.717, 1.165) is 29.7 Å². The summed E-state index contributed by atoms with van der Waals surface area (Å²) in [6.07, 6.45) is 2.21. The van der Waals surface area contributed by atoms with Gasteiger partial charge in [0.1, 0.15) is 6.04 Å². The molecular weight excluding hydrogens is 424 g/mol. The fourth-order valence-electron chi connectivity index (χ4n) is 3.77. The van der Waals surface area contributed by atoms with Crippen LogP contribution in [0.4, 0.5) is 10.8 Å². The van der Waals surface area contributed by atoms with E-state index in [1.54, 1.807) is 4.90 Å². The second-order valence-corrected chi connectivity index (χ2v) is 8.50. The lowest BCUT2D eigenvalue weighted by molar-refractivity contribution is -0.141. The maximum Gasteiger partial charge on any atom is 0.253 e. The van der Waals surface area contributed by atoms with Crippen molar-refractivity contribution in [1.82, 2.24) is 9.88 Å². The van der Waals surface area contributed by atoms with Crippen LogP contribution in [0.5, 0.6) is 0 Å². The van der Waals surface area contributed by atoms with Gasteiger partial charge in [-0.1, -0.05) is 42.5 Å². The Morgan fingerprint density at radius 2 is 1.78 bits per heavy atom. The van der Waals surface area contributed by atoms with Gasteiger partial charge in [-0.25, -0.2) is 4.98 Å². The Morgan fingerprint density at radius 1 is 1.03 bits per heavy atom. The molecule has 1 atom stereocenters. The number of benzene rings is 2. The number of piperidine rings is 1. The molecule has 2 heterocycles. The minimum atomic E-state index is -0.687. The molecule has 32 heavy (non-hydrogen) atoms. The van der Waals surface area contributed by atoms with E-state index in [-0.39, 0.29) is 17.7 Å². The van der Waals surface area contributed by atoms with Gasteiger partial charge in [0, 0.05) is 36.5 Å². The molecule has 1 aliphatic rings. The van der Waals surface area contributed by atoms with Crippen LogP contribution in [-0.2, 0) is 14.4 Å². The van der Waals surface area contributed by atoms with Crippen LogP contribution in [0.15, 0.2) is 60.0 Å². The molecule has 0 aliphatic carbocycles. The van der Waals surface area contributed by atoms with E-state index < -0.39 is 6.04 Å². The smallest absolute Gasteiger partial charge is 0.253 e. The zero-order valence-electron chi connectivity index (χ0n) is 17.7. The van der Waals surface area contributed by atoms with E-state index in [9.17, 15) is 14.4 Å². The van der Waals surface area contributed by atoms with E-state index in [2.05, 4.69) is 15.6 Å². The first kappa shape index (κ1) is 21.7. The Labute approximate surface area is 190 Å². The number of thiazole rings is 1. The summed E-state index contributed by atoms with van der Waals surface area (Å²) >= 11 is 1.33. The topological polar surface area (TPSA) is 91.4 Å². The van der Waals surface area contributed by atoms with Crippen molar-refractivity contribution in [2.45, 2.75) is 32.2 Å². The molecule has 0 radical (unpaired) electrons. The molecule has 1 aromatic heterocycles. The largest absolute Gasteiger partial charge is 0.327 e. The second kappa shape index (κ2) is 9.74. The van der Waals surface area contributed by atoms with Crippen molar-refractivity contribution in [3.8, 4) is 11.3 Å². The van der Waals surface area contributed by atoms with Gasteiger partial charge in [-0.05, 0) is 30.5 Å². The van der Waals surface area contributed by atoms with Gasteiger partial charge >= 0.3 is 0 Å². The monoisotopic (exact) mass is 448 g/mol. The molecule has 1 saturated heterocycles. The molecular formula is C24H24N4O3S. The number of rotatable bonds is 6. The predicted octanol–water partition coefficient (Wildman–Crippen LogP) is 4.46. The Hall–Kier alpha value is -3.52. The van der Waals surface area contributed by atoms with Crippen LogP contribution in [0.3, 0.4) is 0 Å². The molecule has 0 bridgehead atoms. The SMILES string of the molecule is CC(=O)Nc1ccc(-c2csc(NC(=O)C(c3ccccc3)N3CCCCC3=O)n2)cc1. The average Bonchev–Trinajstić information content (AvgIpc) is 3.24.